The standard InChI is InChI=1S/C20H23NO5/c1-2-15-8-9-18(26-15)17-13-25-12-11-21(17)19(22)10-7-14-5-3-4-6-16(14)20(23)24/h3-6,8-9,17H,2,7,10-13H2,1H3,(H,23,24). The van der Waals surface area contributed by atoms with E-state index in [-0.39, 0.29) is 23.9 Å². The lowest BCUT2D eigenvalue weighted by Gasteiger charge is -2.34. The van der Waals surface area contributed by atoms with Crippen molar-refractivity contribution in [3.05, 3.63) is 59.0 Å². The molecule has 6 heteroatoms. The molecule has 1 unspecified atom stereocenters. The van der Waals surface area contributed by atoms with Gasteiger partial charge in [0.05, 0.1) is 18.8 Å². The van der Waals surface area contributed by atoms with Gasteiger partial charge in [0, 0.05) is 19.4 Å². The maximum atomic E-state index is 12.8. The molecule has 0 bridgehead atoms. The second kappa shape index (κ2) is 8.19. The van der Waals surface area contributed by atoms with Crippen molar-refractivity contribution < 1.29 is 23.8 Å². The van der Waals surface area contributed by atoms with Crippen LogP contribution in [-0.4, -0.2) is 41.6 Å². The van der Waals surface area contributed by atoms with E-state index in [9.17, 15) is 14.7 Å². The van der Waals surface area contributed by atoms with Gasteiger partial charge in [-0.2, -0.15) is 0 Å². The molecule has 1 atom stereocenters. The molecule has 2 aromatic rings. The number of aromatic carboxylic acids is 1. The lowest BCUT2D eigenvalue weighted by Crippen LogP contribution is -2.43. The van der Waals surface area contributed by atoms with Crippen molar-refractivity contribution in [1.82, 2.24) is 4.90 Å². The molecule has 1 aliphatic rings. The van der Waals surface area contributed by atoms with Gasteiger partial charge in [-0.15, -0.1) is 0 Å². The van der Waals surface area contributed by atoms with Crippen LogP contribution in [0.3, 0.4) is 0 Å². The molecule has 1 amide bonds. The summed E-state index contributed by atoms with van der Waals surface area (Å²) in [7, 11) is 0. The van der Waals surface area contributed by atoms with E-state index in [0.29, 0.717) is 31.7 Å². The first-order chi connectivity index (χ1) is 12.6. The van der Waals surface area contributed by atoms with Gasteiger partial charge >= 0.3 is 5.97 Å². The number of hydrogen-bond acceptors (Lipinski definition) is 4. The number of nitrogens with zero attached hydrogens (tertiary/aromatic N) is 1. The third kappa shape index (κ3) is 3.96. The van der Waals surface area contributed by atoms with E-state index in [1.54, 1.807) is 29.2 Å². The molecule has 0 spiro atoms. The van der Waals surface area contributed by atoms with Crippen molar-refractivity contribution in [1.29, 1.82) is 0 Å². The fraction of sp³-hybridized carbons (Fsp3) is 0.400. The number of benzene rings is 1. The summed E-state index contributed by atoms with van der Waals surface area (Å²) in [5.41, 5.74) is 0.918. The Morgan fingerprint density at radius 3 is 2.77 bits per heavy atom. The first-order valence-electron chi connectivity index (χ1n) is 8.87. The summed E-state index contributed by atoms with van der Waals surface area (Å²) in [5, 5.41) is 9.27. The number of carbonyl (C=O) groups is 2. The third-order valence-corrected chi connectivity index (χ3v) is 4.66. The smallest absolute Gasteiger partial charge is 0.335 e. The minimum Gasteiger partial charge on any atom is -0.478 e. The molecule has 0 aliphatic carbocycles. The summed E-state index contributed by atoms with van der Waals surface area (Å²) >= 11 is 0. The molecule has 1 fully saturated rings. The van der Waals surface area contributed by atoms with Gasteiger partial charge in [-0.05, 0) is 30.2 Å². The Morgan fingerprint density at radius 2 is 2.04 bits per heavy atom. The van der Waals surface area contributed by atoms with Gasteiger partial charge < -0.3 is 19.2 Å². The quantitative estimate of drug-likeness (QED) is 0.859. The van der Waals surface area contributed by atoms with Gasteiger partial charge in [0.15, 0.2) is 0 Å². The number of aryl methyl sites for hydroxylation is 2. The van der Waals surface area contributed by atoms with Crippen LogP contribution in [0.2, 0.25) is 0 Å². The molecular weight excluding hydrogens is 334 g/mol. The average molecular weight is 357 g/mol. The zero-order valence-electron chi connectivity index (χ0n) is 14.8. The Balaban J connectivity index is 1.70. The number of carboxylic acids is 1. The van der Waals surface area contributed by atoms with Gasteiger partial charge in [0.2, 0.25) is 5.91 Å². The minimum absolute atomic E-state index is 0.0204. The van der Waals surface area contributed by atoms with E-state index in [4.69, 9.17) is 9.15 Å². The van der Waals surface area contributed by atoms with Crippen molar-refractivity contribution in [2.75, 3.05) is 19.8 Å². The lowest BCUT2D eigenvalue weighted by molar-refractivity contribution is -0.141. The molecule has 6 nitrogen and oxygen atoms in total. The number of hydrogen-bond donors (Lipinski definition) is 1. The van der Waals surface area contributed by atoms with Crippen molar-refractivity contribution in [3.63, 3.8) is 0 Å². The molecule has 2 heterocycles. The van der Waals surface area contributed by atoms with Crippen LogP contribution in [0, 0.1) is 0 Å². The summed E-state index contributed by atoms with van der Waals surface area (Å²) in [6.07, 6.45) is 1.44. The SMILES string of the molecule is CCc1ccc(C2COCCN2C(=O)CCc2ccccc2C(=O)O)o1. The van der Waals surface area contributed by atoms with Crippen LogP contribution in [0.4, 0.5) is 0 Å². The second-order valence-corrected chi connectivity index (χ2v) is 6.30. The first kappa shape index (κ1) is 18.2. The summed E-state index contributed by atoms with van der Waals surface area (Å²) in [4.78, 5) is 25.9. The highest BCUT2D eigenvalue weighted by molar-refractivity contribution is 5.89. The average Bonchev–Trinajstić information content (AvgIpc) is 3.15. The van der Waals surface area contributed by atoms with Gasteiger partial charge in [0.25, 0.3) is 0 Å². The zero-order valence-corrected chi connectivity index (χ0v) is 14.8. The molecule has 1 aromatic heterocycles. The van der Waals surface area contributed by atoms with Crippen LogP contribution >= 0.6 is 0 Å². The predicted octanol–water partition coefficient (Wildman–Crippen LogP) is 3.07. The van der Waals surface area contributed by atoms with E-state index in [2.05, 4.69) is 0 Å². The largest absolute Gasteiger partial charge is 0.478 e. The van der Waals surface area contributed by atoms with Gasteiger partial charge in [-0.1, -0.05) is 25.1 Å². The summed E-state index contributed by atoms with van der Waals surface area (Å²) in [5.74, 6) is 0.627. The van der Waals surface area contributed by atoms with Gasteiger partial charge in [-0.3, -0.25) is 4.79 Å². The van der Waals surface area contributed by atoms with E-state index in [1.807, 2.05) is 19.1 Å². The maximum absolute atomic E-state index is 12.8. The number of rotatable bonds is 6. The highest BCUT2D eigenvalue weighted by Crippen LogP contribution is 2.27. The first-order valence-corrected chi connectivity index (χ1v) is 8.87. The molecule has 3 rings (SSSR count). The summed E-state index contributed by atoms with van der Waals surface area (Å²) < 4.78 is 11.4. The van der Waals surface area contributed by atoms with Crippen molar-refractivity contribution >= 4 is 11.9 Å². The molecule has 0 saturated carbocycles. The summed E-state index contributed by atoms with van der Waals surface area (Å²) in [6.45, 7) is 3.43. The van der Waals surface area contributed by atoms with Crippen molar-refractivity contribution in [2.45, 2.75) is 32.2 Å². The third-order valence-electron chi connectivity index (χ3n) is 4.66. The van der Waals surface area contributed by atoms with Gasteiger partial charge in [-0.25, -0.2) is 4.79 Å². The maximum Gasteiger partial charge on any atom is 0.335 e. The highest BCUT2D eigenvalue weighted by atomic mass is 16.5. The van der Waals surface area contributed by atoms with Crippen molar-refractivity contribution in [3.8, 4) is 0 Å². The van der Waals surface area contributed by atoms with Crippen molar-refractivity contribution in [2.24, 2.45) is 0 Å². The topological polar surface area (TPSA) is 80.0 Å². The van der Waals surface area contributed by atoms with Crippen LogP contribution in [0.15, 0.2) is 40.8 Å². The molecule has 0 radical (unpaired) electrons. The fourth-order valence-electron chi connectivity index (χ4n) is 3.23. The molecule has 26 heavy (non-hydrogen) atoms. The van der Waals surface area contributed by atoms with E-state index >= 15 is 0 Å². The monoisotopic (exact) mass is 357 g/mol. The Bertz CT molecular complexity index is 782. The Labute approximate surface area is 152 Å². The van der Waals surface area contributed by atoms with Crippen LogP contribution in [0.5, 0.6) is 0 Å². The highest BCUT2D eigenvalue weighted by Gasteiger charge is 2.30. The number of carboxylic acid groups (broad SMARTS) is 1. The summed E-state index contributed by atoms with van der Waals surface area (Å²) in [6, 6.07) is 10.4. The Morgan fingerprint density at radius 1 is 1.23 bits per heavy atom. The fourth-order valence-corrected chi connectivity index (χ4v) is 3.23. The zero-order chi connectivity index (χ0) is 18.5. The Kier molecular flexibility index (Phi) is 5.73. The van der Waals surface area contributed by atoms with E-state index in [0.717, 1.165) is 17.9 Å². The molecular formula is C20H23NO5. The van der Waals surface area contributed by atoms with Gasteiger partial charge in [0.1, 0.15) is 17.6 Å². The van der Waals surface area contributed by atoms with Crippen LogP contribution < -0.4 is 0 Å². The lowest BCUT2D eigenvalue weighted by atomic mass is 10.0. The number of carbonyl (C=O) groups excluding carboxylic acids is 1. The molecule has 1 aromatic carbocycles. The number of morpholine rings is 1. The normalized spacial score (nSPS) is 17.3. The number of ether oxygens (including phenoxy) is 1. The predicted molar refractivity (Wildman–Crippen MR) is 95.1 cm³/mol. The van der Waals surface area contributed by atoms with Crippen LogP contribution in [0.25, 0.3) is 0 Å². The molecule has 1 saturated heterocycles. The second-order valence-electron chi connectivity index (χ2n) is 6.30. The number of amides is 1. The van der Waals surface area contributed by atoms with E-state index < -0.39 is 5.97 Å². The number of furan rings is 1. The minimum atomic E-state index is -0.972. The molecule has 138 valence electrons. The molecule has 1 N–H and O–H groups in total. The molecule has 1 aliphatic heterocycles. The van der Waals surface area contributed by atoms with Crippen LogP contribution in [0.1, 0.15) is 46.8 Å². The van der Waals surface area contributed by atoms with Crippen LogP contribution in [-0.2, 0) is 22.4 Å². The van der Waals surface area contributed by atoms with E-state index in [1.165, 1.54) is 0 Å². The Hall–Kier alpha value is -2.60.